The molecule has 0 aliphatic carbocycles. The van der Waals surface area contributed by atoms with Gasteiger partial charge in [0.1, 0.15) is 5.82 Å². The quantitative estimate of drug-likeness (QED) is 0.475. The molecule has 2 heterocycles. The van der Waals surface area contributed by atoms with E-state index in [9.17, 15) is 14.2 Å². The zero-order valence-corrected chi connectivity index (χ0v) is 12.9. The molecule has 0 atom stereocenters. The molecule has 1 aromatic heterocycles. The molecule has 1 saturated heterocycles. The van der Waals surface area contributed by atoms with E-state index in [0.717, 1.165) is 5.56 Å². The van der Waals surface area contributed by atoms with Crippen molar-refractivity contribution < 1.29 is 38.5 Å². The van der Waals surface area contributed by atoms with Gasteiger partial charge in [-0.3, -0.25) is 9.29 Å². The molecule has 0 bridgehead atoms. The third kappa shape index (κ3) is 6.07. The van der Waals surface area contributed by atoms with Crippen molar-refractivity contribution in [3.63, 3.8) is 0 Å². The number of anilines is 1. The van der Waals surface area contributed by atoms with E-state index < -0.39 is 12.7 Å². The number of likely N-dealkylation sites (tertiary alicyclic amines) is 1. The molecule has 1 fully saturated rings. The van der Waals surface area contributed by atoms with Crippen LogP contribution < -0.4 is 24.1 Å². The number of alkyl halides is 1. The first kappa shape index (κ1) is 21.1. The fraction of sp³-hybridized carbons (Fsp3) is 0.538. The molecule has 0 amide bonds. The minimum absolute atomic E-state index is 0. The van der Waals surface area contributed by atoms with E-state index in [1.165, 1.54) is 6.29 Å². The number of nitrogens with one attached hydrogen (secondary N) is 1. The molecule has 1 aliphatic rings. The smallest absolute Gasteiger partial charge is 0.870 e. The second kappa shape index (κ2) is 9.28. The number of pyridine rings is 1. The Bertz CT molecular complexity index is 474. The molecule has 1 aliphatic heterocycles. The van der Waals surface area contributed by atoms with Gasteiger partial charge in [0, 0.05) is 18.4 Å². The molecule has 22 heavy (non-hydrogen) atoms. The third-order valence-electron chi connectivity index (χ3n) is 3.42. The van der Waals surface area contributed by atoms with Crippen LogP contribution in [0.15, 0.2) is 18.3 Å². The summed E-state index contributed by atoms with van der Waals surface area (Å²) in [6.07, 6.45) is 3.56. The second-order valence-corrected chi connectivity index (χ2v) is 5.21. The van der Waals surface area contributed by atoms with Crippen LogP contribution in [0, 0.1) is 0 Å². The van der Waals surface area contributed by atoms with Crippen LogP contribution in [0.1, 0.15) is 18.4 Å². The fourth-order valence-corrected chi connectivity index (χ4v) is 2.29. The molecular formula is C13H19BFLiN3O3-. The van der Waals surface area contributed by atoms with Gasteiger partial charge in [0.05, 0.1) is 0 Å². The maximum atomic E-state index is 13.7. The summed E-state index contributed by atoms with van der Waals surface area (Å²) in [6.45, 7) is 3.36. The van der Waals surface area contributed by atoms with Crippen molar-refractivity contribution in [3.8, 4) is 0 Å². The maximum absolute atomic E-state index is 13.7. The molecule has 116 valence electrons. The van der Waals surface area contributed by atoms with Crippen molar-refractivity contribution in [3.05, 3.63) is 23.9 Å². The van der Waals surface area contributed by atoms with E-state index in [2.05, 4.69) is 15.1 Å². The largest absolute Gasteiger partial charge is 1.00 e. The van der Waals surface area contributed by atoms with Crippen LogP contribution in [0.5, 0.6) is 0 Å². The van der Waals surface area contributed by atoms with Gasteiger partial charge in [0.2, 0.25) is 0 Å². The number of aromatic nitrogens is 1. The van der Waals surface area contributed by atoms with Crippen LogP contribution in [0.25, 0.3) is 0 Å². The summed E-state index contributed by atoms with van der Waals surface area (Å²) in [4.78, 5) is 16.7. The summed E-state index contributed by atoms with van der Waals surface area (Å²) < 4.78 is 13.7. The summed E-state index contributed by atoms with van der Waals surface area (Å²) in [7, 11) is -0.664. The average Bonchev–Trinajstić information content (AvgIpc) is 2.41. The number of rotatable bonds is 5. The Labute approximate surface area is 142 Å². The summed E-state index contributed by atoms with van der Waals surface area (Å²) in [6, 6.07) is 3.74. The number of carbonyl (C=O) groups excluding carboxylic acids is 1. The number of halogens is 1. The number of hydrogen-bond acceptors (Lipinski definition) is 6. The van der Waals surface area contributed by atoms with E-state index in [1.54, 1.807) is 13.0 Å². The molecule has 9 heteroatoms. The summed E-state index contributed by atoms with van der Waals surface area (Å²) in [5.41, 5.74) is -0.738. The third-order valence-corrected chi connectivity index (χ3v) is 3.42. The SMILES string of the molecule is CB(O)Nc1cc(CN2CCC(F)([C-]=O)CC2)ccn1.[Li+].[OH-]. The van der Waals surface area contributed by atoms with Gasteiger partial charge < -0.3 is 20.5 Å². The molecule has 0 unspecified atom stereocenters. The van der Waals surface area contributed by atoms with E-state index in [1.807, 2.05) is 12.1 Å². The standard InChI is InChI=1S/C13H18BFN3O2.Li.H2O/c1-14(20)17-12-8-11(2-5-16-12)9-18-6-3-13(15,10-19)4-7-18;;/h2,5,8,20H,3-4,6-7,9H2,1H3,(H,16,17);;1H2/q-1;+1;/p-1. The average molecular weight is 302 g/mol. The number of piperidine rings is 1. The second-order valence-electron chi connectivity index (χ2n) is 5.21. The Balaban J connectivity index is 0.00000220. The molecule has 2 rings (SSSR count). The molecule has 6 nitrogen and oxygen atoms in total. The van der Waals surface area contributed by atoms with Gasteiger partial charge in [0.15, 0.2) is 0 Å². The van der Waals surface area contributed by atoms with Crippen molar-refractivity contribution in [2.45, 2.75) is 31.9 Å². The number of hydrogen-bond donors (Lipinski definition) is 2. The maximum Gasteiger partial charge on any atom is 1.00 e. The predicted molar refractivity (Wildman–Crippen MR) is 77.7 cm³/mol. The van der Waals surface area contributed by atoms with Crippen molar-refractivity contribution in [1.82, 2.24) is 9.88 Å². The minimum Gasteiger partial charge on any atom is -0.870 e. The number of nitrogens with zero attached hydrogens (tertiary/aromatic N) is 2. The molecule has 0 spiro atoms. The molecule has 0 aromatic carbocycles. The van der Waals surface area contributed by atoms with E-state index >= 15 is 0 Å². The minimum atomic E-state index is -1.77. The first-order valence-corrected chi connectivity index (χ1v) is 6.71. The summed E-state index contributed by atoms with van der Waals surface area (Å²) in [5.74, 6) is 0.607. The first-order chi connectivity index (χ1) is 9.50. The zero-order chi connectivity index (χ0) is 14.6. The van der Waals surface area contributed by atoms with Crippen LogP contribution in [0.4, 0.5) is 10.2 Å². The van der Waals surface area contributed by atoms with Gasteiger partial charge >= 0.3 is 25.9 Å². The van der Waals surface area contributed by atoms with Crippen LogP contribution >= 0.6 is 0 Å². The normalized spacial score (nSPS) is 16.9. The Morgan fingerprint density at radius 3 is 2.73 bits per heavy atom. The van der Waals surface area contributed by atoms with Crippen molar-refractivity contribution in [2.75, 3.05) is 18.3 Å². The summed E-state index contributed by atoms with van der Waals surface area (Å²) in [5, 5.41) is 12.1. The molecule has 0 radical (unpaired) electrons. The molecule has 1 aromatic rings. The molecule has 3 N–H and O–H groups in total. The Hall–Kier alpha value is -0.908. The fourth-order valence-electron chi connectivity index (χ4n) is 2.29. The monoisotopic (exact) mass is 302 g/mol. The topological polar surface area (TPSA) is 95.5 Å². The van der Waals surface area contributed by atoms with E-state index in [0.29, 0.717) is 25.5 Å². The van der Waals surface area contributed by atoms with Gasteiger partial charge in [-0.25, -0.2) is 11.3 Å². The van der Waals surface area contributed by atoms with Crippen LogP contribution in [-0.2, 0) is 11.3 Å². The van der Waals surface area contributed by atoms with Gasteiger partial charge in [-0.2, -0.15) is 0 Å². The van der Waals surface area contributed by atoms with Crippen molar-refractivity contribution in [2.24, 2.45) is 0 Å². The molecular weight excluding hydrogens is 283 g/mol. The Morgan fingerprint density at radius 1 is 1.55 bits per heavy atom. The van der Waals surface area contributed by atoms with Gasteiger partial charge in [-0.05, 0) is 50.5 Å². The van der Waals surface area contributed by atoms with Gasteiger partial charge in [-0.15, -0.1) is 0 Å². The van der Waals surface area contributed by atoms with E-state index in [-0.39, 0.29) is 37.2 Å². The predicted octanol–water partition coefficient (Wildman–Crippen LogP) is -2.16. The first-order valence-electron chi connectivity index (χ1n) is 6.71. The zero-order valence-electron chi connectivity index (χ0n) is 12.9. The van der Waals surface area contributed by atoms with Crippen molar-refractivity contribution >= 4 is 19.2 Å². The van der Waals surface area contributed by atoms with Crippen LogP contribution in [-0.4, -0.2) is 52.5 Å². The van der Waals surface area contributed by atoms with E-state index in [4.69, 9.17) is 0 Å². The Morgan fingerprint density at radius 2 is 2.18 bits per heavy atom. The van der Waals surface area contributed by atoms with Crippen LogP contribution in [0.2, 0.25) is 6.82 Å². The van der Waals surface area contributed by atoms with Crippen molar-refractivity contribution in [1.29, 1.82) is 0 Å². The van der Waals surface area contributed by atoms with Gasteiger partial charge in [-0.1, -0.05) is 0 Å². The van der Waals surface area contributed by atoms with Gasteiger partial charge in [0.25, 0.3) is 0 Å². The summed E-state index contributed by atoms with van der Waals surface area (Å²) >= 11 is 0. The van der Waals surface area contributed by atoms with Crippen LogP contribution in [0.3, 0.4) is 0 Å². The Kier molecular flexibility index (Phi) is 8.90. The molecule has 0 saturated carbocycles.